The maximum Gasteiger partial charge on any atom is 0.307 e. The highest BCUT2D eigenvalue weighted by molar-refractivity contribution is 5.85. The van der Waals surface area contributed by atoms with Crippen molar-refractivity contribution in [2.24, 2.45) is 4.99 Å². The molecule has 0 aliphatic heterocycles. The highest BCUT2D eigenvalue weighted by Crippen LogP contribution is 2.13. The van der Waals surface area contributed by atoms with Crippen LogP contribution in [-0.2, 0) is 16.0 Å². The number of carboxylic acid groups (broad SMARTS) is 1. The number of hydrogen-bond acceptors (Lipinski definition) is 3. The molecule has 0 radical (unpaired) electrons. The van der Waals surface area contributed by atoms with Gasteiger partial charge in [-0.25, -0.2) is 4.79 Å². The van der Waals surface area contributed by atoms with Crippen molar-refractivity contribution in [3.63, 3.8) is 0 Å². The van der Waals surface area contributed by atoms with Gasteiger partial charge in [-0.1, -0.05) is 12.1 Å². The number of aliphatic carboxylic acids is 1. The molecule has 0 spiro atoms. The van der Waals surface area contributed by atoms with Crippen molar-refractivity contribution in [2.75, 3.05) is 0 Å². The van der Waals surface area contributed by atoms with Crippen molar-refractivity contribution in [2.45, 2.75) is 6.42 Å². The fourth-order valence-corrected chi connectivity index (χ4v) is 0.963. The number of benzene rings is 1. The van der Waals surface area contributed by atoms with Crippen molar-refractivity contribution in [3.8, 4) is 0 Å². The molecule has 0 aliphatic carbocycles. The van der Waals surface area contributed by atoms with Crippen molar-refractivity contribution >= 4 is 30.1 Å². The van der Waals surface area contributed by atoms with Gasteiger partial charge in [0, 0.05) is 0 Å². The van der Waals surface area contributed by atoms with Gasteiger partial charge in [-0.15, -0.1) is 12.4 Å². The zero-order chi connectivity index (χ0) is 9.68. The van der Waals surface area contributed by atoms with Gasteiger partial charge >= 0.3 is 5.97 Å². The van der Waals surface area contributed by atoms with E-state index in [1.165, 1.54) is 6.08 Å². The summed E-state index contributed by atoms with van der Waals surface area (Å²) in [6.45, 7) is 0. The first-order valence-electron chi connectivity index (χ1n) is 3.61. The van der Waals surface area contributed by atoms with E-state index in [4.69, 9.17) is 5.11 Å². The van der Waals surface area contributed by atoms with Crippen LogP contribution in [0.15, 0.2) is 29.3 Å². The molecule has 0 unspecified atom stereocenters. The van der Waals surface area contributed by atoms with E-state index in [0.29, 0.717) is 11.3 Å². The third-order valence-electron chi connectivity index (χ3n) is 1.44. The van der Waals surface area contributed by atoms with Crippen molar-refractivity contribution in [1.29, 1.82) is 0 Å². The van der Waals surface area contributed by atoms with E-state index in [-0.39, 0.29) is 18.8 Å². The van der Waals surface area contributed by atoms with Gasteiger partial charge in [0.05, 0.1) is 12.1 Å². The molecule has 1 aromatic carbocycles. The summed E-state index contributed by atoms with van der Waals surface area (Å²) >= 11 is 0. The molecule has 14 heavy (non-hydrogen) atoms. The van der Waals surface area contributed by atoms with E-state index < -0.39 is 5.97 Å². The van der Waals surface area contributed by atoms with E-state index in [9.17, 15) is 9.59 Å². The highest BCUT2D eigenvalue weighted by atomic mass is 35.5. The third kappa shape index (κ3) is 3.85. The predicted octanol–water partition coefficient (Wildman–Crippen LogP) is 1.70. The summed E-state index contributed by atoms with van der Waals surface area (Å²) in [6.07, 6.45) is 1.32. The first kappa shape index (κ1) is 12.4. The quantitative estimate of drug-likeness (QED) is 0.614. The van der Waals surface area contributed by atoms with Gasteiger partial charge in [0.15, 0.2) is 0 Å². The molecular formula is C9H8ClNO3. The standard InChI is InChI=1S/C9H7NO3.ClH/c11-6-10-8-3-1-2-7(4-8)5-9(12)13;/h1-4H,5H2,(H,12,13);1H. The lowest BCUT2D eigenvalue weighted by Gasteiger charge is -1.96. The van der Waals surface area contributed by atoms with Crippen LogP contribution in [0.5, 0.6) is 0 Å². The van der Waals surface area contributed by atoms with Gasteiger partial charge in [0.25, 0.3) is 0 Å². The summed E-state index contributed by atoms with van der Waals surface area (Å²) in [5.74, 6) is -0.910. The Morgan fingerprint density at radius 3 is 2.79 bits per heavy atom. The van der Waals surface area contributed by atoms with Crippen molar-refractivity contribution in [3.05, 3.63) is 29.8 Å². The molecule has 4 nitrogen and oxygen atoms in total. The number of hydrogen-bond donors (Lipinski definition) is 1. The minimum atomic E-state index is -0.910. The number of carbonyl (C=O) groups excluding carboxylic acids is 1. The molecule has 0 saturated heterocycles. The molecule has 0 bridgehead atoms. The predicted molar refractivity (Wildman–Crippen MR) is 52.8 cm³/mol. The molecule has 0 heterocycles. The smallest absolute Gasteiger partial charge is 0.307 e. The maximum absolute atomic E-state index is 10.3. The second-order valence-electron chi connectivity index (χ2n) is 2.44. The van der Waals surface area contributed by atoms with Gasteiger partial charge in [-0.2, -0.15) is 4.99 Å². The molecular weight excluding hydrogens is 206 g/mol. The number of rotatable bonds is 3. The van der Waals surface area contributed by atoms with Gasteiger partial charge in [-0.05, 0) is 17.7 Å². The minimum absolute atomic E-state index is 0. The lowest BCUT2D eigenvalue weighted by atomic mass is 10.1. The summed E-state index contributed by atoms with van der Waals surface area (Å²) in [5.41, 5.74) is 1.04. The average Bonchev–Trinajstić information content (AvgIpc) is 2.04. The number of aliphatic imine (C=N–C) groups is 1. The molecule has 0 atom stereocenters. The number of nitrogens with zero attached hydrogens (tertiary/aromatic N) is 1. The second kappa shape index (κ2) is 5.91. The van der Waals surface area contributed by atoms with Gasteiger partial charge in [-0.3, -0.25) is 4.79 Å². The fraction of sp³-hybridized carbons (Fsp3) is 0.111. The molecule has 0 saturated carbocycles. The van der Waals surface area contributed by atoms with Gasteiger partial charge in [0.1, 0.15) is 0 Å². The first-order valence-corrected chi connectivity index (χ1v) is 3.61. The van der Waals surface area contributed by atoms with Crippen LogP contribution < -0.4 is 0 Å². The SMILES string of the molecule is Cl.O=C=Nc1cccc(CC(=O)O)c1. The van der Waals surface area contributed by atoms with E-state index in [0.717, 1.165) is 0 Å². The van der Waals surface area contributed by atoms with Crippen LogP contribution in [0.4, 0.5) is 5.69 Å². The number of carbonyl (C=O) groups is 1. The van der Waals surface area contributed by atoms with Crippen molar-refractivity contribution < 1.29 is 14.7 Å². The lowest BCUT2D eigenvalue weighted by Crippen LogP contribution is -1.99. The number of halogens is 1. The van der Waals surface area contributed by atoms with E-state index >= 15 is 0 Å². The summed E-state index contributed by atoms with van der Waals surface area (Å²) in [5, 5.41) is 8.48. The Hall–Kier alpha value is -1.64. The monoisotopic (exact) mass is 213 g/mol. The van der Waals surface area contributed by atoms with Crippen LogP contribution in [0.3, 0.4) is 0 Å². The summed E-state index contributed by atoms with van der Waals surface area (Å²) in [7, 11) is 0. The maximum atomic E-state index is 10.3. The molecule has 1 rings (SSSR count). The molecule has 0 aromatic heterocycles. The van der Waals surface area contributed by atoms with Gasteiger partial charge < -0.3 is 5.11 Å². The minimum Gasteiger partial charge on any atom is -0.481 e. The lowest BCUT2D eigenvalue weighted by molar-refractivity contribution is -0.136. The third-order valence-corrected chi connectivity index (χ3v) is 1.44. The van der Waals surface area contributed by atoms with Crippen LogP contribution >= 0.6 is 12.4 Å². The molecule has 0 fully saturated rings. The van der Waals surface area contributed by atoms with E-state index in [2.05, 4.69) is 4.99 Å². The zero-order valence-corrected chi connectivity index (χ0v) is 7.95. The Balaban J connectivity index is 0.00000169. The van der Waals surface area contributed by atoms with E-state index in [1.54, 1.807) is 24.3 Å². The summed E-state index contributed by atoms with van der Waals surface area (Å²) < 4.78 is 0. The van der Waals surface area contributed by atoms with Crippen LogP contribution in [0.2, 0.25) is 0 Å². The summed E-state index contributed by atoms with van der Waals surface area (Å²) in [6, 6.07) is 6.46. The van der Waals surface area contributed by atoms with Crippen LogP contribution in [0, 0.1) is 0 Å². The van der Waals surface area contributed by atoms with Crippen LogP contribution in [0.1, 0.15) is 5.56 Å². The Bertz CT molecular complexity index is 372. The molecule has 1 aromatic rings. The first-order chi connectivity index (χ1) is 6.22. The highest BCUT2D eigenvalue weighted by Gasteiger charge is 2.00. The normalized spacial score (nSPS) is 8.29. The molecule has 0 aliphatic rings. The number of carboxylic acids is 1. The van der Waals surface area contributed by atoms with E-state index in [1.807, 2.05) is 0 Å². The molecule has 5 heteroatoms. The molecule has 0 amide bonds. The van der Waals surface area contributed by atoms with Crippen molar-refractivity contribution in [1.82, 2.24) is 0 Å². The summed E-state index contributed by atoms with van der Waals surface area (Å²) in [4.78, 5) is 23.6. The molecule has 74 valence electrons. The van der Waals surface area contributed by atoms with Gasteiger partial charge in [0.2, 0.25) is 6.08 Å². The Morgan fingerprint density at radius 1 is 1.50 bits per heavy atom. The topological polar surface area (TPSA) is 66.7 Å². The number of isocyanates is 1. The largest absolute Gasteiger partial charge is 0.481 e. The Morgan fingerprint density at radius 2 is 2.21 bits per heavy atom. The zero-order valence-electron chi connectivity index (χ0n) is 7.14. The van der Waals surface area contributed by atoms with Crippen LogP contribution in [-0.4, -0.2) is 17.2 Å². The Labute approximate surface area is 86.7 Å². The van der Waals surface area contributed by atoms with Crippen LogP contribution in [0.25, 0.3) is 0 Å². The average molecular weight is 214 g/mol. The fourth-order valence-electron chi connectivity index (χ4n) is 0.963. The second-order valence-corrected chi connectivity index (χ2v) is 2.44. The molecule has 1 N–H and O–H groups in total. The Kier molecular flexibility index (Phi) is 5.22.